The molecule has 2 N–H and O–H groups in total. The Kier molecular flexibility index (Phi) is 7.54. The highest BCUT2D eigenvalue weighted by atomic mass is 32.2. The Bertz CT molecular complexity index is 1050. The number of carbonyl (C=O) groups excluding carboxylic acids is 2. The van der Waals surface area contributed by atoms with E-state index < -0.39 is 16.5 Å². The van der Waals surface area contributed by atoms with Crippen molar-refractivity contribution in [3.8, 4) is 5.75 Å². The summed E-state index contributed by atoms with van der Waals surface area (Å²) in [6.07, 6.45) is 0.0590. The molecule has 0 aromatic heterocycles. The number of hydrogen-bond acceptors (Lipinski definition) is 5. The molecule has 31 heavy (non-hydrogen) atoms. The van der Waals surface area contributed by atoms with E-state index in [1.54, 1.807) is 12.1 Å². The van der Waals surface area contributed by atoms with Crippen LogP contribution in [0.4, 0.5) is 10.5 Å². The maximum absolute atomic E-state index is 12.8. The summed E-state index contributed by atoms with van der Waals surface area (Å²) in [4.78, 5) is 38.1. The number of hydrogen-bond donors (Lipinski definition) is 2. The fraction of sp³-hybridized carbons (Fsp3) is 0.227. The zero-order valence-electron chi connectivity index (χ0n) is 16.9. The monoisotopic (exact) mass is 458 g/mol. The topological polar surface area (TPSA) is 95.9 Å². The number of ether oxygens (including phenoxy) is 1. The van der Waals surface area contributed by atoms with Crippen LogP contribution in [-0.4, -0.2) is 56.4 Å². The van der Waals surface area contributed by atoms with Crippen LogP contribution >= 0.6 is 22.7 Å². The van der Waals surface area contributed by atoms with Gasteiger partial charge in [-0.05, 0) is 48.2 Å². The summed E-state index contributed by atoms with van der Waals surface area (Å²) in [5, 5.41) is 13.5. The van der Waals surface area contributed by atoms with Crippen molar-refractivity contribution in [2.45, 2.75) is 13.3 Å². The van der Waals surface area contributed by atoms with Crippen LogP contribution in [0.3, 0.4) is 0 Å². The second-order valence-corrected chi connectivity index (χ2v) is 8.89. The first-order chi connectivity index (χ1) is 14.9. The number of carbonyl (C=O) groups is 3. The van der Waals surface area contributed by atoms with Gasteiger partial charge < -0.3 is 15.2 Å². The van der Waals surface area contributed by atoms with E-state index in [0.717, 1.165) is 11.3 Å². The van der Waals surface area contributed by atoms with Crippen LogP contribution in [0.25, 0.3) is 0 Å². The SMILES string of the molecule is CCOc1ccc(/C=S2/CC(=S)N(CCC(=O)Nc3cccc(C(=O)O)c3)C2=O)cc1. The fourth-order valence-electron chi connectivity index (χ4n) is 2.96. The van der Waals surface area contributed by atoms with E-state index in [-0.39, 0.29) is 29.7 Å². The average Bonchev–Trinajstić information content (AvgIpc) is 3.01. The fourth-order valence-corrected chi connectivity index (χ4v) is 5.28. The Balaban J connectivity index is 1.59. The second kappa shape index (κ2) is 10.3. The molecule has 0 radical (unpaired) electrons. The summed E-state index contributed by atoms with van der Waals surface area (Å²) in [6.45, 7) is 2.69. The third-order valence-electron chi connectivity index (χ3n) is 4.45. The van der Waals surface area contributed by atoms with Crippen LogP contribution in [0, 0.1) is 0 Å². The Morgan fingerprint density at radius 1 is 1.26 bits per heavy atom. The minimum atomic E-state index is -1.07. The number of benzene rings is 2. The first-order valence-electron chi connectivity index (χ1n) is 9.62. The zero-order valence-corrected chi connectivity index (χ0v) is 18.5. The number of anilines is 1. The van der Waals surface area contributed by atoms with E-state index in [9.17, 15) is 14.4 Å². The van der Waals surface area contributed by atoms with Gasteiger partial charge in [-0.2, -0.15) is 0 Å². The molecule has 1 heterocycles. The largest absolute Gasteiger partial charge is 0.494 e. The molecule has 9 heteroatoms. The van der Waals surface area contributed by atoms with Crippen LogP contribution in [0.15, 0.2) is 48.5 Å². The normalized spacial score (nSPS) is 15.9. The highest BCUT2D eigenvalue weighted by molar-refractivity contribution is 8.29. The maximum atomic E-state index is 12.8. The molecule has 1 aliphatic heterocycles. The maximum Gasteiger partial charge on any atom is 0.335 e. The predicted octanol–water partition coefficient (Wildman–Crippen LogP) is 3.99. The van der Waals surface area contributed by atoms with Crippen molar-refractivity contribution in [3.05, 3.63) is 59.7 Å². The van der Waals surface area contributed by atoms with Crippen molar-refractivity contribution in [2.75, 3.05) is 24.2 Å². The molecule has 2 aromatic carbocycles. The van der Waals surface area contributed by atoms with Crippen molar-refractivity contribution in [1.82, 2.24) is 4.90 Å². The molecule has 162 valence electrons. The van der Waals surface area contributed by atoms with Gasteiger partial charge in [0.1, 0.15) is 5.75 Å². The average molecular weight is 459 g/mol. The van der Waals surface area contributed by atoms with E-state index in [2.05, 4.69) is 5.32 Å². The van der Waals surface area contributed by atoms with Crippen molar-refractivity contribution in [1.29, 1.82) is 0 Å². The molecule has 0 aliphatic carbocycles. The minimum Gasteiger partial charge on any atom is -0.494 e. The molecule has 1 aliphatic rings. The van der Waals surface area contributed by atoms with Gasteiger partial charge in [-0.3, -0.25) is 14.5 Å². The molecular formula is C22H22N2O5S2. The Labute approximate surface area is 187 Å². The lowest BCUT2D eigenvalue weighted by Gasteiger charge is -2.15. The molecule has 1 atom stereocenters. The van der Waals surface area contributed by atoms with Crippen LogP contribution in [0.5, 0.6) is 5.75 Å². The van der Waals surface area contributed by atoms with Crippen LogP contribution in [0.2, 0.25) is 0 Å². The number of rotatable bonds is 8. The van der Waals surface area contributed by atoms with E-state index in [1.807, 2.05) is 36.6 Å². The van der Waals surface area contributed by atoms with Gasteiger partial charge in [0.05, 0.1) is 17.2 Å². The van der Waals surface area contributed by atoms with E-state index in [1.165, 1.54) is 17.0 Å². The summed E-state index contributed by atoms with van der Waals surface area (Å²) < 4.78 is 5.43. The number of carboxylic acids is 1. The standard InChI is InChI=1S/C22H22N2O5S2/c1-2-29-18-8-6-15(7-9-18)13-31-14-20(30)24(22(31)28)11-10-19(25)23-17-5-3-4-16(12-17)21(26)27/h3-9,12-13H,2,10-11,14H2,1H3,(H,23,25)(H,26,27). The van der Waals surface area contributed by atoms with E-state index >= 15 is 0 Å². The molecule has 1 unspecified atom stereocenters. The van der Waals surface area contributed by atoms with E-state index in [4.69, 9.17) is 22.1 Å². The highest BCUT2D eigenvalue weighted by Gasteiger charge is 2.30. The third kappa shape index (κ3) is 5.99. The number of carboxylic acid groups (broad SMARTS) is 1. The molecule has 2 amide bonds. The highest BCUT2D eigenvalue weighted by Crippen LogP contribution is 2.29. The van der Waals surface area contributed by atoms with Crippen LogP contribution in [0.1, 0.15) is 29.3 Å². The molecule has 0 spiro atoms. The molecule has 2 aromatic rings. The molecule has 1 fully saturated rings. The van der Waals surface area contributed by atoms with Crippen LogP contribution in [-0.2, 0) is 4.79 Å². The minimum absolute atomic E-state index is 0.0590. The lowest BCUT2D eigenvalue weighted by molar-refractivity contribution is -0.116. The predicted molar refractivity (Wildman–Crippen MR) is 127 cm³/mol. The smallest absolute Gasteiger partial charge is 0.335 e. The molecule has 0 saturated carbocycles. The molecule has 7 nitrogen and oxygen atoms in total. The number of amides is 2. The summed E-state index contributed by atoms with van der Waals surface area (Å²) in [5.74, 6) is -0.151. The zero-order chi connectivity index (χ0) is 22.4. The van der Waals surface area contributed by atoms with Gasteiger partial charge in [0.15, 0.2) is 0 Å². The lowest BCUT2D eigenvalue weighted by atomic mass is 10.2. The quantitative estimate of drug-likeness (QED) is 0.581. The summed E-state index contributed by atoms with van der Waals surface area (Å²) >= 11 is 5.37. The lowest BCUT2D eigenvalue weighted by Crippen LogP contribution is -2.31. The van der Waals surface area contributed by atoms with Crippen molar-refractivity contribution in [3.63, 3.8) is 0 Å². The Morgan fingerprint density at radius 3 is 2.68 bits per heavy atom. The summed E-state index contributed by atoms with van der Waals surface area (Å²) in [6, 6.07) is 13.5. The number of thiocarbonyl (C=S) groups is 1. The van der Waals surface area contributed by atoms with E-state index in [0.29, 0.717) is 23.0 Å². The van der Waals surface area contributed by atoms with Crippen molar-refractivity contribution >= 4 is 55.9 Å². The van der Waals surface area contributed by atoms with Gasteiger partial charge in [0.25, 0.3) is 5.24 Å². The van der Waals surface area contributed by atoms with Crippen molar-refractivity contribution in [2.24, 2.45) is 0 Å². The van der Waals surface area contributed by atoms with Gasteiger partial charge in [0, 0.05) is 24.4 Å². The summed E-state index contributed by atoms with van der Waals surface area (Å²) in [7, 11) is -0.672. The first-order valence-corrected chi connectivity index (χ1v) is 11.5. The first kappa shape index (κ1) is 22.6. The second-order valence-electron chi connectivity index (χ2n) is 6.69. The molecule has 1 saturated heterocycles. The molecule has 3 rings (SSSR count). The van der Waals surface area contributed by atoms with Gasteiger partial charge in [-0.15, -0.1) is 0 Å². The summed E-state index contributed by atoms with van der Waals surface area (Å²) in [5.41, 5.74) is 1.40. The number of aromatic carboxylic acids is 1. The molecule has 0 bridgehead atoms. The van der Waals surface area contributed by atoms with Gasteiger partial charge in [0.2, 0.25) is 5.91 Å². The van der Waals surface area contributed by atoms with Gasteiger partial charge >= 0.3 is 5.97 Å². The molecular weight excluding hydrogens is 436 g/mol. The Morgan fingerprint density at radius 2 is 2.00 bits per heavy atom. The number of nitrogens with one attached hydrogen (secondary N) is 1. The van der Waals surface area contributed by atoms with Gasteiger partial charge in [-0.1, -0.05) is 40.9 Å². The van der Waals surface area contributed by atoms with Crippen LogP contribution < -0.4 is 10.1 Å². The third-order valence-corrected chi connectivity index (χ3v) is 6.81. The van der Waals surface area contributed by atoms with Crippen molar-refractivity contribution < 1.29 is 24.2 Å². The van der Waals surface area contributed by atoms with Gasteiger partial charge in [-0.25, -0.2) is 4.79 Å². The number of nitrogens with zero attached hydrogens (tertiary/aromatic N) is 1. The Hall–Kier alpha value is -3.04.